The molecule has 174 valence electrons. The van der Waals surface area contributed by atoms with Crippen LogP contribution in [-0.4, -0.2) is 54.6 Å². The Balaban J connectivity index is 1.04. The van der Waals surface area contributed by atoms with E-state index >= 15 is 0 Å². The molecule has 4 fully saturated rings. The first-order chi connectivity index (χ1) is 16.1. The average Bonchev–Trinajstić information content (AvgIpc) is 3.39. The summed E-state index contributed by atoms with van der Waals surface area (Å²) in [7, 11) is 0. The van der Waals surface area contributed by atoms with Crippen molar-refractivity contribution in [3.63, 3.8) is 0 Å². The maximum absolute atomic E-state index is 12.7. The SMILES string of the molecule is Cc1cc(C(=O)NC2CC3CC2C3)nnc1N1CCC(Oc2ccc3c(c2)OCCO3)CC1. The lowest BCUT2D eigenvalue weighted by molar-refractivity contribution is 0.0922. The predicted molar refractivity (Wildman–Crippen MR) is 122 cm³/mol. The molecule has 2 bridgehead atoms. The second-order valence-electron chi connectivity index (χ2n) is 9.76. The molecule has 3 heterocycles. The molecule has 1 aromatic carbocycles. The molecule has 5 aliphatic rings. The van der Waals surface area contributed by atoms with Crippen molar-refractivity contribution >= 4 is 11.7 Å². The van der Waals surface area contributed by atoms with Gasteiger partial charge in [0.1, 0.15) is 25.1 Å². The van der Waals surface area contributed by atoms with Gasteiger partial charge in [0.2, 0.25) is 0 Å². The number of nitrogens with one attached hydrogen (secondary N) is 1. The zero-order valence-electron chi connectivity index (χ0n) is 19.0. The number of ether oxygens (including phenoxy) is 3. The lowest BCUT2D eigenvalue weighted by Gasteiger charge is -2.33. The number of aryl methyl sites for hydroxylation is 1. The van der Waals surface area contributed by atoms with Crippen LogP contribution in [0.1, 0.15) is 48.2 Å². The number of nitrogens with zero attached hydrogens (tertiary/aromatic N) is 3. The van der Waals surface area contributed by atoms with Gasteiger partial charge in [-0.1, -0.05) is 0 Å². The fourth-order valence-corrected chi connectivity index (χ4v) is 5.66. The molecule has 3 aliphatic carbocycles. The molecule has 1 amide bonds. The standard InChI is InChI=1S/C25H30N4O4/c1-15-10-21(25(30)26-20-13-16-11-17(20)12-16)27-28-24(15)29-6-4-18(5-7-29)33-19-2-3-22-23(14-19)32-9-8-31-22/h2-3,10,14,16-18,20H,4-9,11-13H2,1H3,(H,26,30). The van der Waals surface area contributed by atoms with E-state index in [4.69, 9.17) is 14.2 Å². The number of amides is 1. The normalized spacial score (nSPS) is 26.0. The van der Waals surface area contributed by atoms with E-state index in [1.165, 1.54) is 12.8 Å². The van der Waals surface area contributed by atoms with E-state index < -0.39 is 0 Å². The van der Waals surface area contributed by atoms with Crippen LogP contribution in [-0.2, 0) is 0 Å². The van der Waals surface area contributed by atoms with E-state index in [0.29, 0.717) is 30.9 Å². The Morgan fingerprint density at radius 2 is 1.85 bits per heavy atom. The molecule has 0 radical (unpaired) electrons. The number of carbonyl (C=O) groups excluding carboxylic acids is 1. The van der Waals surface area contributed by atoms with Crippen molar-refractivity contribution in [1.82, 2.24) is 15.5 Å². The van der Waals surface area contributed by atoms with Crippen LogP contribution < -0.4 is 24.4 Å². The van der Waals surface area contributed by atoms with Gasteiger partial charge in [-0.25, -0.2) is 0 Å². The van der Waals surface area contributed by atoms with Gasteiger partial charge >= 0.3 is 0 Å². The quantitative estimate of drug-likeness (QED) is 0.749. The van der Waals surface area contributed by atoms with Crippen molar-refractivity contribution < 1.29 is 19.0 Å². The maximum atomic E-state index is 12.7. The van der Waals surface area contributed by atoms with Gasteiger partial charge in [-0.3, -0.25) is 4.79 Å². The fraction of sp³-hybridized carbons (Fsp3) is 0.560. The summed E-state index contributed by atoms with van der Waals surface area (Å²) in [6.07, 6.45) is 5.57. The summed E-state index contributed by atoms with van der Waals surface area (Å²) in [5, 5.41) is 11.9. The van der Waals surface area contributed by atoms with Crippen LogP contribution in [0.25, 0.3) is 0 Å². The molecular formula is C25H30N4O4. The molecule has 1 saturated heterocycles. The predicted octanol–water partition coefficient (Wildman–Crippen LogP) is 3.13. The summed E-state index contributed by atoms with van der Waals surface area (Å²) in [5.74, 6) is 4.57. The number of fused-ring (bicyclic) bond motifs is 2. The fourth-order valence-electron chi connectivity index (χ4n) is 5.66. The second kappa shape index (κ2) is 8.39. The number of hydrogen-bond acceptors (Lipinski definition) is 7. The Labute approximate surface area is 193 Å². The first kappa shape index (κ1) is 20.6. The third kappa shape index (κ3) is 4.07. The highest BCUT2D eigenvalue weighted by atomic mass is 16.6. The van der Waals surface area contributed by atoms with Gasteiger partial charge in [0, 0.05) is 38.0 Å². The first-order valence-electron chi connectivity index (χ1n) is 12.1. The van der Waals surface area contributed by atoms with Gasteiger partial charge in [-0.15, -0.1) is 10.2 Å². The lowest BCUT2D eigenvalue weighted by atomic mass is 9.84. The van der Waals surface area contributed by atoms with Crippen LogP contribution >= 0.6 is 0 Å². The highest BCUT2D eigenvalue weighted by molar-refractivity contribution is 5.92. The minimum Gasteiger partial charge on any atom is -0.490 e. The van der Waals surface area contributed by atoms with E-state index in [1.807, 2.05) is 31.2 Å². The molecule has 2 aromatic rings. The van der Waals surface area contributed by atoms with E-state index in [-0.39, 0.29) is 12.0 Å². The molecule has 0 spiro atoms. The minimum absolute atomic E-state index is 0.0961. The van der Waals surface area contributed by atoms with Gasteiger partial charge in [0.05, 0.1) is 0 Å². The zero-order valence-corrected chi connectivity index (χ0v) is 19.0. The van der Waals surface area contributed by atoms with Crippen molar-refractivity contribution in [1.29, 1.82) is 0 Å². The number of hydrogen-bond donors (Lipinski definition) is 1. The van der Waals surface area contributed by atoms with Gasteiger partial charge in [0.25, 0.3) is 5.91 Å². The Hall–Kier alpha value is -3.03. The van der Waals surface area contributed by atoms with Gasteiger partial charge < -0.3 is 24.4 Å². The molecule has 8 heteroatoms. The van der Waals surface area contributed by atoms with Crippen LogP contribution in [0.2, 0.25) is 0 Å². The monoisotopic (exact) mass is 450 g/mol. The van der Waals surface area contributed by atoms with Crippen LogP contribution in [0, 0.1) is 18.8 Å². The van der Waals surface area contributed by atoms with Crippen molar-refractivity contribution in [3.05, 3.63) is 35.5 Å². The number of rotatable bonds is 5. The number of carbonyl (C=O) groups is 1. The summed E-state index contributed by atoms with van der Waals surface area (Å²) in [6, 6.07) is 7.95. The Morgan fingerprint density at radius 3 is 2.58 bits per heavy atom. The Morgan fingerprint density at radius 1 is 1.06 bits per heavy atom. The van der Waals surface area contributed by atoms with E-state index in [0.717, 1.165) is 66.9 Å². The number of anilines is 1. The van der Waals surface area contributed by atoms with Crippen LogP contribution in [0.4, 0.5) is 5.82 Å². The Kier molecular flexibility index (Phi) is 5.23. The van der Waals surface area contributed by atoms with E-state index in [2.05, 4.69) is 20.4 Å². The molecule has 1 aromatic heterocycles. The van der Waals surface area contributed by atoms with E-state index in [1.54, 1.807) is 0 Å². The number of benzene rings is 1. The van der Waals surface area contributed by atoms with Gasteiger partial charge in [-0.05, 0) is 61.8 Å². The van der Waals surface area contributed by atoms with Crippen molar-refractivity contribution in [2.75, 3.05) is 31.2 Å². The summed E-state index contributed by atoms with van der Waals surface area (Å²) in [5.41, 5.74) is 1.40. The summed E-state index contributed by atoms with van der Waals surface area (Å²) in [4.78, 5) is 14.9. The molecule has 2 aliphatic heterocycles. The molecule has 33 heavy (non-hydrogen) atoms. The molecular weight excluding hydrogens is 420 g/mol. The van der Waals surface area contributed by atoms with Crippen LogP contribution in [0.15, 0.2) is 24.3 Å². The number of aromatic nitrogens is 2. The lowest BCUT2D eigenvalue weighted by Crippen LogP contribution is -2.39. The second-order valence-corrected chi connectivity index (χ2v) is 9.76. The highest BCUT2D eigenvalue weighted by Gasteiger charge is 2.44. The van der Waals surface area contributed by atoms with Crippen molar-refractivity contribution in [2.24, 2.45) is 11.8 Å². The smallest absolute Gasteiger partial charge is 0.272 e. The summed E-state index contributed by atoms with van der Waals surface area (Å²) < 4.78 is 17.4. The molecule has 1 atom stereocenters. The maximum Gasteiger partial charge on any atom is 0.272 e. The number of piperidine rings is 1. The third-order valence-electron chi connectivity index (χ3n) is 7.49. The summed E-state index contributed by atoms with van der Waals surface area (Å²) >= 11 is 0. The molecule has 3 saturated carbocycles. The molecule has 1 N–H and O–H groups in total. The Bertz CT molecular complexity index is 1050. The highest BCUT2D eigenvalue weighted by Crippen LogP contribution is 2.48. The summed E-state index contributed by atoms with van der Waals surface area (Å²) in [6.45, 7) is 4.83. The van der Waals surface area contributed by atoms with Crippen LogP contribution in [0.3, 0.4) is 0 Å². The first-order valence-corrected chi connectivity index (χ1v) is 12.1. The van der Waals surface area contributed by atoms with Crippen molar-refractivity contribution in [2.45, 2.75) is 51.2 Å². The average molecular weight is 451 g/mol. The van der Waals surface area contributed by atoms with Crippen molar-refractivity contribution in [3.8, 4) is 17.2 Å². The molecule has 1 unspecified atom stereocenters. The molecule has 7 rings (SSSR count). The largest absolute Gasteiger partial charge is 0.490 e. The van der Waals surface area contributed by atoms with E-state index in [9.17, 15) is 4.79 Å². The minimum atomic E-state index is -0.0961. The third-order valence-corrected chi connectivity index (χ3v) is 7.49. The van der Waals surface area contributed by atoms with Crippen LogP contribution in [0.5, 0.6) is 17.2 Å². The topological polar surface area (TPSA) is 85.8 Å². The zero-order chi connectivity index (χ0) is 22.4. The molecule has 8 nitrogen and oxygen atoms in total. The van der Waals surface area contributed by atoms with Gasteiger partial charge in [-0.2, -0.15) is 0 Å². The van der Waals surface area contributed by atoms with Gasteiger partial charge in [0.15, 0.2) is 23.0 Å².